The predicted molar refractivity (Wildman–Crippen MR) is 36.3 cm³/mol. The van der Waals surface area contributed by atoms with E-state index >= 15 is 0 Å². The maximum atomic E-state index is 7.00. The van der Waals surface area contributed by atoms with E-state index in [2.05, 4.69) is 6.58 Å². The summed E-state index contributed by atoms with van der Waals surface area (Å²) in [4.78, 5) is 0. The monoisotopic (exact) mass is 132 g/mol. The van der Waals surface area contributed by atoms with Crippen LogP contribution in [0.3, 0.4) is 0 Å². The summed E-state index contributed by atoms with van der Waals surface area (Å²) in [5.74, 6) is 0. The van der Waals surface area contributed by atoms with Crippen LogP contribution in [0, 0.1) is 0 Å². The molecule has 0 bridgehead atoms. The van der Waals surface area contributed by atoms with E-state index in [-0.39, 0.29) is 15.4 Å². The van der Waals surface area contributed by atoms with Crippen LogP contribution in [0.25, 0.3) is 0 Å². The highest BCUT2D eigenvalue weighted by atomic mass is 16.4. The van der Waals surface area contributed by atoms with E-state index in [1.807, 2.05) is 6.92 Å². The minimum absolute atomic E-state index is 0. The van der Waals surface area contributed by atoms with Gasteiger partial charge in [0.1, 0.15) is 0 Å². The Bertz CT molecular complexity index is 33.0. The molecule has 0 amide bonds. The summed E-state index contributed by atoms with van der Waals surface area (Å²) in [6.45, 7) is 5.25. The Morgan fingerprint density at radius 3 is 1.11 bits per heavy atom. The van der Waals surface area contributed by atoms with Crippen LogP contribution < -0.4 is 0 Å². The van der Waals surface area contributed by atoms with E-state index in [0.717, 1.165) is 0 Å². The molecule has 0 aromatic carbocycles. The molecular formula is C3H10B2O4. The average Bonchev–Trinajstić information content (AvgIpc) is 1.70. The summed E-state index contributed by atoms with van der Waals surface area (Å²) in [5, 5.41) is 28.0. The van der Waals surface area contributed by atoms with Crippen LogP contribution in [-0.4, -0.2) is 35.5 Å². The van der Waals surface area contributed by atoms with Crippen molar-refractivity contribution in [2.24, 2.45) is 0 Å². The molecular weight excluding hydrogens is 122 g/mol. The van der Waals surface area contributed by atoms with Crippen molar-refractivity contribution in [1.29, 1.82) is 0 Å². The first-order valence-corrected chi connectivity index (χ1v) is 2.02. The Morgan fingerprint density at radius 2 is 1.11 bits per heavy atom. The number of rotatable bonds is 0. The fourth-order valence-electron chi connectivity index (χ4n) is 0. The molecule has 2 radical (unpaired) electrons. The molecule has 0 aliphatic rings. The second-order valence-corrected chi connectivity index (χ2v) is 0.639. The first kappa shape index (κ1) is 15.9. The van der Waals surface area contributed by atoms with Crippen molar-refractivity contribution >= 4 is 15.4 Å². The minimum Gasteiger partial charge on any atom is -0.429 e. The zero-order chi connectivity index (χ0) is 8.12. The van der Waals surface area contributed by atoms with E-state index < -0.39 is 0 Å². The molecule has 0 saturated carbocycles. The summed E-state index contributed by atoms with van der Waals surface area (Å²) in [7, 11) is 0. The van der Waals surface area contributed by atoms with Gasteiger partial charge in [0.25, 0.3) is 0 Å². The van der Waals surface area contributed by atoms with Crippen LogP contribution in [-0.2, 0) is 0 Å². The van der Waals surface area contributed by atoms with Crippen LogP contribution >= 0.6 is 0 Å². The fraction of sp³-hybridized carbons (Fsp3) is 0.333. The molecule has 52 valence electrons. The molecule has 0 spiro atoms. The Hall–Kier alpha value is -0.290. The maximum absolute atomic E-state index is 7.00. The fourth-order valence-corrected chi connectivity index (χ4v) is 0. The van der Waals surface area contributed by atoms with E-state index in [0.29, 0.717) is 0 Å². The third-order valence-electron chi connectivity index (χ3n) is 0. The van der Waals surface area contributed by atoms with Gasteiger partial charge in [-0.3, -0.25) is 0 Å². The van der Waals surface area contributed by atoms with Crippen molar-refractivity contribution in [2.75, 3.05) is 0 Å². The lowest BCUT2D eigenvalue weighted by Crippen LogP contribution is -1.75. The van der Waals surface area contributed by atoms with Crippen molar-refractivity contribution in [3.05, 3.63) is 12.7 Å². The minimum atomic E-state index is 0. The van der Waals surface area contributed by atoms with Crippen LogP contribution in [0.2, 0.25) is 0 Å². The third-order valence-corrected chi connectivity index (χ3v) is 0. The van der Waals surface area contributed by atoms with Gasteiger partial charge in [0.2, 0.25) is 0 Å². The van der Waals surface area contributed by atoms with Gasteiger partial charge in [0.15, 0.2) is 0 Å². The standard InChI is InChI=1S/C3H6.2BH2O2/c1-3-2;2*2-1-3/h3H,1H2,2H3;2*2-3H. The van der Waals surface area contributed by atoms with Crippen molar-refractivity contribution in [2.45, 2.75) is 6.92 Å². The molecule has 4 N–H and O–H groups in total. The highest BCUT2D eigenvalue weighted by Crippen LogP contribution is 1.38. The van der Waals surface area contributed by atoms with E-state index in [4.69, 9.17) is 20.1 Å². The molecule has 0 aliphatic carbocycles. The molecule has 0 aromatic rings. The Morgan fingerprint density at radius 1 is 1.11 bits per heavy atom. The molecule has 0 aromatic heterocycles. The van der Waals surface area contributed by atoms with Crippen molar-refractivity contribution < 1.29 is 20.1 Å². The molecule has 9 heavy (non-hydrogen) atoms. The van der Waals surface area contributed by atoms with E-state index in [1.165, 1.54) is 0 Å². The topological polar surface area (TPSA) is 80.9 Å². The van der Waals surface area contributed by atoms with Gasteiger partial charge >= 0.3 is 15.4 Å². The van der Waals surface area contributed by atoms with Crippen LogP contribution in [0.5, 0.6) is 0 Å². The molecule has 0 atom stereocenters. The summed E-state index contributed by atoms with van der Waals surface area (Å²) in [6, 6.07) is 0. The molecule has 0 unspecified atom stereocenters. The first-order chi connectivity index (χ1) is 4.24. The highest BCUT2D eigenvalue weighted by molar-refractivity contribution is 6.13. The van der Waals surface area contributed by atoms with E-state index in [9.17, 15) is 0 Å². The summed E-state index contributed by atoms with van der Waals surface area (Å²) in [5.41, 5.74) is 0. The molecule has 0 fully saturated rings. The predicted octanol–water partition coefficient (Wildman–Crippen LogP) is -1.80. The molecule has 4 nitrogen and oxygen atoms in total. The second-order valence-electron chi connectivity index (χ2n) is 0.639. The Labute approximate surface area is 56.1 Å². The van der Waals surface area contributed by atoms with Gasteiger partial charge in [0, 0.05) is 0 Å². The lowest BCUT2D eigenvalue weighted by Gasteiger charge is -1.46. The first-order valence-electron chi connectivity index (χ1n) is 2.02. The van der Waals surface area contributed by atoms with E-state index in [1.54, 1.807) is 6.08 Å². The van der Waals surface area contributed by atoms with Crippen LogP contribution in [0.4, 0.5) is 0 Å². The second kappa shape index (κ2) is 47.3. The van der Waals surface area contributed by atoms with Gasteiger partial charge < -0.3 is 20.1 Å². The SMILES string of the molecule is C=CC.O[B]O.O[B]O. The highest BCUT2D eigenvalue weighted by Gasteiger charge is 1.52. The largest absolute Gasteiger partial charge is 0.482 e. The lowest BCUT2D eigenvalue weighted by atomic mass is 10.5. The number of allylic oxidation sites excluding steroid dienone is 1. The quantitative estimate of drug-likeness (QED) is 0.231. The third kappa shape index (κ3) is 2990. The molecule has 0 heterocycles. The zero-order valence-corrected chi connectivity index (χ0v) is 5.23. The van der Waals surface area contributed by atoms with Gasteiger partial charge in [-0.1, -0.05) is 6.08 Å². The van der Waals surface area contributed by atoms with Crippen LogP contribution in [0.15, 0.2) is 12.7 Å². The van der Waals surface area contributed by atoms with Crippen LogP contribution in [0.1, 0.15) is 6.92 Å². The molecule has 6 heteroatoms. The van der Waals surface area contributed by atoms with Gasteiger partial charge in [-0.15, -0.1) is 6.58 Å². The van der Waals surface area contributed by atoms with Gasteiger partial charge in [0.05, 0.1) is 0 Å². The van der Waals surface area contributed by atoms with Gasteiger partial charge in [-0.25, -0.2) is 0 Å². The molecule has 0 saturated heterocycles. The van der Waals surface area contributed by atoms with Crippen molar-refractivity contribution in [3.8, 4) is 0 Å². The Balaban J connectivity index is -0.0000000600. The normalized spacial score (nSPS) is 4.56. The van der Waals surface area contributed by atoms with Gasteiger partial charge in [-0.2, -0.15) is 0 Å². The van der Waals surface area contributed by atoms with Crippen molar-refractivity contribution in [1.82, 2.24) is 0 Å². The summed E-state index contributed by atoms with van der Waals surface area (Å²) < 4.78 is 0. The smallest absolute Gasteiger partial charge is 0.429 e. The molecule has 0 rings (SSSR count). The summed E-state index contributed by atoms with van der Waals surface area (Å²) >= 11 is 0. The summed E-state index contributed by atoms with van der Waals surface area (Å²) in [6.07, 6.45) is 1.75. The Kier molecular flexibility index (Phi) is 83.4. The average molecular weight is 132 g/mol. The maximum Gasteiger partial charge on any atom is 0.482 e. The lowest BCUT2D eigenvalue weighted by molar-refractivity contribution is 0.447. The zero-order valence-electron chi connectivity index (χ0n) is 5.23. The molecule has 0 aliphatic heterocycles. The van der Waals surface area contributed by atoms with Crippen molar-refractivity contribution in [3.63, 3.8) is 0 Å². The number of hydrogen-bond donors (Lipinski definition) is 4. The number of hydrogen-bond acceptors (Lipinski definition) is 4. The van der Waals surface area contributed by atoms with Gasteiger partial charge in [-0.05, 0) is 6.92 Å².